The molecule has 0 aliphatic carbocycles. The van der Waals surface area contributed by atoms with Crippen molar-refractivity contribution in [3.05, 3.63) is 78.8 Å². The van der Waals surface area contributed by atoms with Crippen LogP contribution in [0.1, 0.15) is 6.92 Å². The fraction of sp³-hybridized carbons (Fsp3) is 0.0870. The molecule has 0 bridgehead atoms. The zero-order valence-electron chi connectivity index (χ0n) is 16.1. The lowest BCUT2D eigenvalue weighted by Gasteiger charge is -2.04. The molecule has 0 saturated heterocycles. The molecule has 0 radical (unpaired) electrons. The lowest BCUT2D eigenvalue weighted by molar-refractivity contribution is 0.589. The second-order valence-corrected chi connectivity index (χ2v) is 6.91. The summed E-state index contributed by atoms with van der Waals surface area (Å²) in [6.45, 7) is 2.71. The predicted octanol–water partition coefficient (Wildman–Crippen LogP) is 5.45. The number of aryl methyl sites for hydroxylation is 1. The van der Waals surface area contributed by atoms with Gasteiger partial charge in [0.2, 0.25) is 0 Å². The Morgan fingerprint density at radius 2 is 1.80 bits per heavy atom. The van der Waals surface area contributed by atoms with Gasteiger partial charge in [-0.2, -0.15) is 5.10 Å². The van der Waals surface area contributed by atoms with Crippen LogP contribution in [0.4, 0.5) is 8.78 Å². The number of nitrogens with zero attached hydrogens (tertiary/aromatic N) is 4. The van der Waals surface area contributed by atoms with Crippen molar-refractivity contribution in [3.63, 3.8) is 0 Å². The van der Waals surface area contributed by atoms with Crippen LogP contribution in [0.15, 0.2) is 67.1 Å². The minimum Gasteiger partial charge on any atom is -0.339 e. The number of hydrogen-bond acceptors (Lipinski definition) is 3. The Morgan fingerprint density at radius 3 is 2.53 bits per heavy atom. The molecule has 7 heteroatoms. The molecule has 0 fully saturated rings. The fourth-order valence-electron chi connectivity index (χ4n) is 3.59. The number of aromatic amines is 1. The molecule has 4 aromatic heterocycles. The average molecular weight is 401 g/mol. The van der Waals surface area contributed by atoms with Gasteiger partial charge in [0.25, 0.3) is 0 Å². The molecule has 0 aliphatic heterocycles. The summed E-state index contributed by atoms with van der Waals surface area (Å²) in [5.41, 5.74) is 4.35. The van der Waals surface area contributed by atoms with E-state index < -0.39 is 11.6 Å². The first-order valence-corrected chi connectivity index (χ1v) is 9.56. The Kier molecular flexibility index (Phi) is 4.35. The van der Waals surface area contributed by atoms with Crippen LogP contribution in [0.2, 0.25) is 0 Å². The molecule has 0 unspecified atom stereocenters. The molecular formula is C23H17F2N5. The van der Waals surface area contributed by atoms with E-state index in [9.17, 15) is 8.78 Å². The van der Waals surface area contributed by atoms with E-state index in [1.165, 1.54) is 18.2 Å². The van der Waals surface area contributed by atoms with Gasteiger partial charge in [0, 0.05) is 41.6 Å². The monoisotopic (exact) mass is 401 g/mol. The quantitative estimate of drug-likeness (QED) is 0.435. The Hall–Kier alpha value is -3.87. The Morgan fingerprint density at radius 1 is 0.967 bits per heavy atom. The number of nitrogens with one attached hydrogen (secondary N) is 1. The van der Waals surface area contributed by atoms with Crippen molar-refractivity contribution < 1.29 is 8.78 Å². The number of H-pyrrole nitrogens is 1. The van der Waals surface area contributed by atoms with Crippen molar-refractivity contribution in [2.75, 3.05) is 0 Å². The van der Waals surface area contributed by atoms with Crippen LogP contribution in [0.3, 0.4) is 0 Å². The minimum absolute atomic E-state index is 0.0884. The van der Waals surface area contributed by atoms with E-state index in [4.69, 9.17) is 0 Å². The number of benzene rings is 1. The van der Waals surface area contributed by atoms with E-state index in [2.05, 4.69) is 20.1 Å². The molecule has 5 rings (SSSR count). The molecule has 1 N–H and O–H groups in total. The van der Waals surface area contributed by atoms with Gasteiger partial charge in [-0.15, -0.1) is 0 Å². The van der Waals surface area contributed by atoms with E-state index in [-0.39, 0.29) is 5.56 Å². The molecule has 1 aromatic carbocycles. The molecule has 148 valence electrons. The lowest BCUT2D eigenvalue weighted by Crippen LogP contribution is -1.99. The maximum absolute atomic E-state index is 14.2. The van der Waals surface area contributed by atoms with E-state index in [1.54, 1.807) is 24.7 Å². The molecular weight excluding hydrogens is 384 g/mol. The Balaban J connectivity index is 1.60. The molecule has 0 saturated carbocycles. The van der Waals surface area contributed by atoms with Crippen molar-refractivity contribution in [3.8, 4) is 33.8 Å². The van der Waals surface area contributed by atoms with Crippen LogP contribution in [0, 0.1) is 11.6 Å². The van der Waals surface area contributed by atoms with Gasteiger partial charge in [0.15, 0.2) is 0 Å². The van der Waals surface area contributed by atoms with Gasteiger partial charge in [-0.05, 0) is 49.4 Å². The normalized spacial score (nSPS) is 11.3. The maximum Gasteiger partial charge on any atom is 0.137 e. The van der Waals surface area contributed by atoms with Gasteiger partial charge < -0.3 is 4.98 Å². The van der Waals surface area contributed by atoms with Crippen LogP contribution < -0.4 is 0 Å². The second kappa shape index (κ2) is 7.18. The minimum atomic E-state index is -0.619. The van der Waals surface area contributed by atoms with Crippen LogP contribution in [-0.4, -0.2) is 24.7 Å². The average Bonchev–Trinajstić information content (AvgIpc) is 3.38. The largest absolute Gasteiger partial charge is 0.339 e. The van der Waals surface area contributed by atoms with Gasteiger partial charge in [0.1, 0.15) is 17.3 Å². The van der Waals surface area contributed by atoms with Crippen LogP contribution in [0.25, 0.3) is 44.8 Å². The number of hydrogen-bond donors (Lipinski definition) is 1. The SMILES string of the molecule is CCn1nc(-c2cccnc2)cc1-c1cnc2[nH]c(-c3c(F)cccc3F)cc2c1. The summed E-state index contributed by atoms with van der Waals surface area (Å²) >= 11 is 0. The maximum atomic E-state index is 14.2. The Bertz CT molecular complexity index is 1330. The number of pyridine rings is 2. The third-order valence-corrected chi connectivity index (χ3v) is 5.03. The number of halogens is 2. The van der Waals surface area contributed by atoms with E-state index in [0.29, 0.717) is 17.9 Å². The van der Waals surface area contributed by atoms with Crippen LogP contribution in [0.5, 0.6) is 0 Å². The highest BCUT2D eigenvalue weighted by atomic mass is 19.1. The standard InChI is InChI=1S/C23H17F2N5/c1-2-30-21(11-19(29-30)14-5-4-8-26-12-14)16-9-15-10-20(28-23(15)27-13-16)22-17(24)6-3-7-18(22)25/h3-13H,2H2,1H3,(H,27,28). The van der Waals surface area contributed by atoms with Crippen LogP contribution in [-0.2, 0) is 6.54 Å². The summed E-state index contributed by atoms with van der Waals surface area (Å²) in [7, 11) is 0. The highest BCUT2D eigenvalue weighted by molar-refractivity contribution is 5.86. The Labute approximate surface area is 171 Å². The summed E-state index contributed by atoms with van der Waals surface area (Å²) in [4.78, 5) is 11.6. The molecule has 0 atom stereocenters. The van der Waals surface area contributed by atoms with Gasteiger partial charge in [-0.25, -0.2) is 13.8 Å². The topological polar surface area (TPSA) is 59.4 Å². The van der Waals surface area contributed by atoms with E-state index in [1.807, 2.05) is 35.9 Å². The zero-order valence-corrected chi connectivity index (χ0v) is 16.1. The highest BCUT2D eigenvalue weighted by Gasteiger charge is 2.16. The van der Waals surface area contributed by atoms with E-state index in [0.717, 1.165) is 27.9 Å². The van der Waals surface area contributed by atoms with Gasteiger partial charge >= 0.3 is 0 Å². The van der Waals surface area contributed by atoms with Crippen molar-refractivity contribution in [1.29, 1.82) is 0 Å². The first kappa shape index (κ1) is 18.2. The number of fused-ring (bicyclic) bond motifs is 1. The third-order valence-electron chi connectivity index (χ3n) is 5.03. The first-order valence-electron chi connectivity index (χ1n) is 9.56. The van der Waals surface area contributed by atoms with Crippen molar-refractivity contribution in [2.45, 2.75) is 13.5 Å². The van der Waals surface area contributed by atoms with Gasteiger partial charge in [-0.1, -0.05) is 6.07 Å². The smallest absolute Gasteiger partial charge is 0.137 e. The molecule has 30 heavy (non-hydrogen) atoms. The summed E-state index contributed by atoms with van der Waals surface area (Å²) in [5, 5.41) is 5.43. The summed E-state index contributed by atoms with van der Waals surface area (Å²) in [6.07, 6.45) is 5.23. The number of rotatable bonds is 4. The van der Waals surface area contributed by atoms with Crippen molar-refractivity contribution in [1.82, 2.24) is 24.7 Å². The molecule has 4 heterocycles. The molecule has 5 nitrogen and oxygen atoms in total. The third kappa shape index (κ3) is 3.04. The van der Waals surface area contributed by atoms with Crippen LogP contribution >= 0.6 is 0 Å². The number of aromatic nitrogens is 5. The molecule has 0 aliphatic rings. The zero-order chi connectivity index (χ0) is 20.7. The highest BCUT2D eigenvalue weighted by Crippen LogP contribution is 2.31. The molecule has 0 amide bonds. The van der Waals surface area contributed by atoms with Crippen molar-refractivity contribution in [2.24, 2.45) is 0 Å². The molecule has 5 aromatic rings. The predicted molar refractivity (Wildman–Crippen MR) is 112 cm³/mol. The van der Waals surface area contributed by atoms with E-state index >= 15 is 0 Å². The first-order chi connectivity index (χ1) is 14.6. The van der Waals surface area contributed by atoms with Crippen molar-refractivity contribution >= 4 is 11.0 Å². The molecule has 0 spiro atoms. The summed E-state index contributed by atoms with van der Waals surface area (Å²) < 4.78 is 30.2. The summed E-state index contributed by atoms with van der Waals surface area (Å²) in [5.74, 6) is -1.24. The van der Waals surface area contributed by atoms with Gasteiger partial charge in [0.05, 0.1) is 22.6 Å². The summed E-state index contributed by atoms with van der Waals surface area (Å²) in [6, 6.07) is 13.3. The lowest BCUT2D eigenvalue weighted by atomic mass is 10.1. The van der Waals surface area contributed by atoms with Gasteiger partial charge in [-0.3, -0.25) is 9.67 Å². The fourth-order valence-corrected chi connectivity index (χ4v) is 3.59. The second-order valence-electron chi connectivity index (χ2n) is 6.91.